The summed E-state index contributed by atoms with van der Waals surface area (Å²) in [7, 11) is -3.55. The lowest BCUT2D eigenvalue weighted by atomic mass is 10.1. The van der Waals surface area contributed by atoms with E-state index in [0.29, 0.717) is 5.56 Å². The van der Waals surface area contributed by atoms with Crippen LogP contribution in [0.15, 0.2) is 33.9 Å². The second kappa shape index (κ2) is 5.65. The molecule has 0 fully saturated rings. The van der Waals surface area contributed by atoms with Crippen LogP contribution in [-0.4, -0.2) is 30.8 Å². The van der Waals surface area contributed by atoms with Gasteiger partial charge in [-0.3, -0.25) is 4.79 Å². The van der Waals surface area contributed by atoms with Crippen molar-refractivity contribution in [1.29, 1.82) is 0 Å². The number of rotatable bonds is 4. The van der Waals surface area contributed by atoms with Crippen LogP contribution in [-0.2, 0) is 9.84 Å². The van der Waals surface area contributed by atoms with Crippen molar-refractivity contribution in [1.82, 2.24) is 15.5 Å². The van der Waals surface area contributed by atoms with Gasteiger partial charge in [0.25, 0.3) is 5.91 Å². The molecule has 0 radical (unpaired) electrons. The molecule has 0 spiro atoms. The largest absolute Gasteiger partial charge is 0.410 e. The Bertz CT molecular complexity index is 750. The zero-order valence-corrected chi connectivity index (χ0v) is 12.6. The Hall–Kier alpha value is -2.22. The first kappa shape index (κ1) is 15.2. The van der Waals surface area contributed by atoms with Gasteiger partial charge in [0.05, 0.1) is 0 Å². The summed E-state index contributed by atoms with van der Waals surface area (Å²) in [6.45, 7) is 3.56. The summed E-state index contributed by atoms with van der Waals surface area (Å²) in [6.07, 6.45) is 0.972. The van der Waals surface area contributed by atoms with Crippen molar-refractivity contribution in [3.63, 3.8) is 0 Å². The molecular formula is C13H15N3O4S. The number of benzene rings is 1. The maximum Gasteiger partial charge on any atom is 0.335 e. The molecule has 2 rings (SSSR count). The fraction of sp³-hybridized carbons (Fsp3) is 0.308. The monoisotopic (exact) mass is 309 g/mol. The van der Waals surface area contributed by atoms with E-state index in [9.17, 15) is 13.2 Å². The van der Waals surface area contributed by atoms with E-state index in [1.54, 1.807) is 19.1 Å². The molecule has 1 aromatic heterocycles. The van der Waals surface area contributed by atoms with Crippen molar-refractivity contribution in [3.05, 3.63) is 41.3 Å². The first-order valence-corrected chi connectivity index (χ1v) is 8.07. The van der Waals surface area contributed by atoms with Gasteiger partial charge in [0.2, 0.25) is 15.7 Å². The molecule has 21 heavy (non-hydrogen) atoms. The average Bonchev–Trinajstić information content (AvgIpc) is 2.88. The van der Waals surface area contributed by atoms with Crippen molar-refractivity contribution < 1.29 is 17.6 Å². The molecule has 0 bridgehead atoms. The Balaban J connectivity index is 2.11. The Kier molecular flexibility index (Phi) is 4.08. The Morgan fingerprint density at radius 1 is 1.24 bits per heavy atom. The van der Waals surface area contributed by atoms with Crippen LogP contribution in [0, 0.1) is 6.92 Å². The lowest BCUT2D eigenvalue weighted by Crippen LogP contribution is -2.26. The standard InChI is InChI=1S/C13H15N3O4S/c1-8-4-6-10(7-5-8)11(17)14-9(2)12-15-16-13(20-12)21(3,18)19/h4-7,9H,1-3H3,(H,14,17)/t9-/m0/s1. The van der Waals surface area contributed by atoms with Crippen molar-refractivity contribution in [2.75, 3.05) is 6.26 Å². The van der Waals surface area contributed by atoms with Gasteiger partial charge in [0.1, 0.15) is 6.04 Å². The topological polar surface area (TPSA) is 102 Å². The summed E-state index contributed by atoms with van der Waals surface area (Å²) in [5, 5.41) is 9.28. The van der Waals surface area contributed by atoms with Crippen molar-refractivity contribution in [2.24, 2.45) is 0 Å². The lowest BCUT2D eigenvalue weighted by Gasteiger charge is -2.09. The fourth-order valence-corrected chi connectivity index (χ4v) is 2.02. The Morgan fingerprint density at radius 3 is 2.38 bits per heavy atom. The number of nitrogens with one attached hydrogen (secondary N) is 1. The molecule has 1 amide bonds. The minimum Gasteiger partial charge on any atom is -0.410 e. The maximum absolute atomic E-state index is 12.0. The third kappa shape index (κ3) is 3.66. The van der Waals surface area contributed by atoms with Gasteiger partial charge in [0.15, 0.2) is 0 Å². The van der Waals surface area contributed by atoms with Crippen LogP contribution in [0.5, 0.6) is 0 Å². The number of carbonyl (C=O) groups is 1. The maximum atomic E-state index is 12.0. The van der Waals surface area contributed by atoms with Gasteiger partial charge in [-0.05, 0) is 26.0 Å². The third-order valence-electron chi connectivity index (χ3n) is 2.77. The molecule has 1 atom stereocenters. The van der Waals surface area contributed by atoms with Crippen LogP contribution in [0.2, 0.25) is 0 Å². The minimum absolute atomic E-state index is 0.0379. The highest BCUT2D eigenvalue weighted by molar-refractivity contribution is 7.90. The first-order valence-electron chi connectivity index (χ1n) is 6.18. The first-order chi connectivity index (χ1) is 9.77. The van der Waals surface area contributed by atoms with E-state index >= 15 is 0 Å². The van der Waals surface area contributed by atoms with Crippen LogP contribution in [0.4, 0.5) is 0 Å². The van der Waals surface area contributed by atoms with Gasteiger partial charge < -0.3 is 9.73 Å². The van der Waals surface area contributed by atoms with Crippen molar-refractivity contribution in [2.45, 2.75) is 25.1 Å². The molecule has 0 aliphatic heterocycles. The van der Waals surface area contributed by atoms with Crippen LogP contribution in [0.25, 0.3) is 0 Å². The predicted octanol–water partition coefficient (Wildman–Crippen LogP) is 1.27. The van der Waals surface area contributed by atoms with Crippen LogP contribution >= 0.6 is 0 Å². The smallest absolute Gasteiger partial charge is 0.335 e. The Labute approximate surface area is 122 Å². The zero-order chi connectivity index (χ0) is 15.6. The zero-order valence-electron chi connectivity index (χ0n) is 11.8. The summed E-state index contributed by atoms with van der Waals surface area (Å²) in [5.74, 6) is -0.266. The highest BCUT2D eigenvalue weighted by atomic mass is 32.2. The summed E-state index contributed by atoms with van der Waals surface area (Å²) < 4.78 is 27.6. The second-order valence-corrected chi connectivity index (χ2v) is 6.63. The molecule has 7 nitrogen and oxygen atoms in total. The number of sulfone groups is 1. The van der Waals surface area contributed by atoms with Gasteiger partial charge in [-0.1, -0.05) is 22.8 Å². The third-order valence-corrected chi connectivity index (χ3v) is 3.57. The highest BCUT2D eigenvalue weighted by Gasteiger charge is 2.21. The van der Waals surface area contributed by atoms with Crippen LogP contribution in [0.1, 0.15) is 34.8 Å². The van der Waals surface area contributed by atoms with Crippen LogP contribution in [0.3, 0.4) is 0 Å². The van der Waals surface area contributed by atoms with E-state index in [0.717, 1.165) is 11.8 Å². The van der Waals surface area contributed by atoms with E-state index in [1.165, 1.54) is 0 Å². The molecule has 112 valence electrons. The van der Waals surface area contributed by atoms with E-state index < -0.39 is 21.1 Å². The molecule has 1 aromatic carbocycles. The van der Waals surface area contributed by atoms with Crippen LogP contribution < -0.4 is 5.32 Å². The molecule has 8 heteroatoms. The molecular weight excluding hydrogens is 294 g/mol. The van der Waals surface area contributed by atoms with Gasteiger partial charge >= 0.3 is 5.22 Å². The van der Waals surface area contributed by atoms with E-state index in [2.05, 4.69) is 15.5 Å². The van der Waals surface area contributed by atoms with E-state index in [-0.39, 0.29) is 11.8 Å². The van der Waals surface area contributed by atoms with Gasteiger partial charge in [-0.15, -0.1) is 5.10 Å². The fourth-order valence-electron chi connectivity index (χ4n) is 1.59. The number of nitrogens with zero attached hydrogens (tertiary/aromatic N) is 2. The number of aryl methyl sites for hydroxylation is 1. The quantitative estimate of drug-likeness (QED) is 0.912. The Morgan fingerprint density at radius 2 is 1.86 bits per heavy atom. The number of amides is 1. The SMILES string of the molecule is Cc1ccc(C(=O)N[C@@H](C)c2nnc(S(C)(=O)=O)o2)cc1. The minimum atomic E-state index is -3.55. The summed E-state index contributed by atoms with van der Waals surface area (Å²) in [5.41, 5.74) is 1.55. The lowest BCUT2D eigenvalue weighted by molar-refractivity contribution is 0.0933. The van der Waals surface area contributed by atoms with E-state index in [4.69, 9.17) is 4.42 Å². The number of carbonyl (C=O) groups excluding carboxylic acids is 1. The predicted molar refractivity (Wildman–Crippen MR) is 74.5 cm³/mol. The van der Waals surface area contributed by atoms with Crippen molar-refractivity contribution in [3.8, 4) is 0 Å². The average molecular weight is 309 g/mol. The van der Waals surface area contributed by atoms with E-state index in [1.807, 2.05) is 19.1 Å². The summed E-state index contributed by atoms with van der Waals surface area (Å²) in [6, 6.07) is 6.46. The molecule has 0 saturated carbocycles. The molecule has 0 aliphatic rings. The summed E-state index contributed by atoms with van der Waals surface area (Å²) in [4.78, 5) is 12.0. The molecule has 1 heterocycles. The molecule has 2 aromatic rings. The summed E-state index contributed by atoms with van der Waals surface area (Å²) >= 11 is 0. The second-order valence-electron chi connectivity index (χ2n) is 4.74. The number of hydrogen-bond acceptors (Lipinski definition) is 6. The van der Waals surface area contributed by atoms with Gasteiger partial charge in [0, 0.05) is 11.8 Å². The number of hydrogen-bond donors (Lipinski definition) is 1. The highest BCUT2D eigenvalue weighted by Crippen LogP contribution is 2.14. The normalized spacial score (nSPS) is 12.9. The molecule has 1 N–H and O–H groups in total. The molecule has 0 aliphatic carbocycles. The number of aromatic nitrogens is 2. The van der Waals surface area contributed by atoms with Crippen molar-refractivity contribution >= 4 is 15.7 Å². The molecule has 0 saturated heterocycles. The molecule has 0 unspecified atom stereocenters. The van der Waals surface area contributed by atoms with Gasteiger partial charge in [-0.2, -0.15) is 0 Å². The van der Waals surface area contributed by atoms with Gasteiger partial charge in [-0.25, -0.2) is 8.42 Å².